The van der Waals surface area contributed by atoms with Crippen molar-refractivity contribution >= 4 is 17.4 Å². The number of fused-ring (bicyclic) bond motifs is 1. The number of pyridine rings is 1. The minimum atomic E-state index is 0.546. The first-order valence-corrected chi connectivity index (χ1v) is 7.12. The lowest BCUT2D eigenvalue weighted by atomic mass is 10.1. The number of aromatic nitrogens is 3. The SMILES string of the molecule is NCc1ccc2nc(CC3CCSC3)nn2c1. The van der Waals surface area contributed by atoms with Crippen molar-refractivity contribution in [1.29, 1.82) is 0 Å². The Balaban J connectivity index is 1.85. The van der Waals surface area contributed by atoms with Crippen molar-refractivity contribution < 1.29 is 0 Å². The number of thioether (sulfide) groups is 1. The van der Waals surface area contributed by atoms with Gasteiger partial charge in [-0.15, -0.1) is 0 Å². The number of nitrogens with two attached hydrogens (primary N) is 1. The summed E-state index contributed by atoms with van der Waals surface area (Å²) >= 11 is 2.04. The van der Waals surface area contributed by atoms with E-state index in [0.29, 0.717) is 6.54 Å². The molecule has 0 saturated carbocycles. The van der Waals surface area contributed by atoms with Gasteiger partial charge in [0.05, 0.1) is 0 Å². The molecule has 0 bridgehead atoms. The molecule has 1 aliphatic rings. The molecular formula is C12H16N4S. The molecule has 1 atom stereocenters. The largest absolute Gasteiger partial charge is 0.326 e. The molecule has 2 N–H and O–H groups in total. The van der Waals surface area contributed by atoms with Crippen molar-refractivity contribution in [2.45, 2.75) is 19.4 Å². The van der Waals surface area contributed by atoms with Crippen LogP contribution < -0.4 is 5.73 Å². The predicted octanol–water partition coefficient (Wildman–Crippen LogP) is 1.48. The molecular weight excluding hydrogens is 232 g/mol. The average molecular weight is 248 g/mol. The second-order valence-electron chi connectivity index (χ2n) is 4.51. The summed E-state index contributed by atoms with van der Waals surface area (Å²) in [7, 11) is 0. The van der Waals surface area contributed by atoms with Gasteiger partial charge in [0.25, 0.3) is 0 Å². The molecule has 0 spiro atoms. The molecule has 0 aliphatic carbocycles. The number of rotatable bonds is 3. The third-order valence-corrected chi connectivity index (χ3v) is 4.40. The smallest absolute Gasteiger partial charge is 0.155 e. The number of hydrogen-bond acceptors (Lipinski definition) is 4. The molecule has 1 fully saturated rings. The standard InChI is InChI=1S/C12H16N4S/c13-6-10-1-2-12-14-11(15-16(12)7-10)5-9-3-4-17-8-9/h1-2,7,9H,3-6,8,13H2. The first-order valence-electron chi connectivity index (χ1n) is 5.97. The predicted molar refractivity (Wildman–Crippen MR) is 70.0 cm³/mol. The third kappa shape index (κ3) is 2.30. The third-order valence-electron chi connectivity index (χ3n) is 3.17. The van der Waals surface area contributed by atoms with Crippen molar-refractivity contribution in [3.63, 3.8) is 0 Å². The monoisotopic (exact) mass is 248 g/mol. The summed E-state index contributed by atoms with van der Waals surface area (Å²) in [5.41, 5.74) is 7.62. The topological polar surface area (TPSA) is 56.2 Å². The minimum Gasteiger partial charge on any atom is -0.326 e. The van der Waals surface area contributed by atoms with Crippen molar-refractivity contribution in [3.8, 4) is 0 Å². The Bertz CT molecular complexity index is 516. The Morgan fingerprint density at radius 2 is 2.41 bits per heavy atom. The van der Waals surface area contributed by atoms with Crippen LogP contribution in [0.15, 0.2) is 18.3 Å². The van der Waals surface area contributed by atoms with Crippen LogP contribution in [0.1, 0.15) is 17.8 Å². The fourth-order valence-electron chi connectivity index (χ4n) is 2.18. The molecule has 1 aliphatic heterocycles. The van der Waals surface area contributed by atoms with Crippen LogP contribution in [-0.4, -0.2) is 26.1 Å². The highest BCUT2D eigenvalue weighted by Crippen LogP contribution is 2.25. The Morgan fingerprint density at radius 1 is 1.47 bits per heavy atom. The van der Waals surface area contributed by atoms with E-state index >= 15 is 0 Å². The Morgan fingerprint density at radius 3 is 3.18 bits per heavy atom. The Kier molecular flexibility index (Phi) is 3.03. The molecule has 1 saturated heterocycles. The highest BCUT2D eigenvalue weighted by atomic mass is 32.2. The summed E-state index contributed by atoms with van der Waals surface area (Å²) in [6.07, 6.45) is 4.27. The van der Waals surface area contributed by atoms with Gasteiger partial charge in [0, 0.05) is 19.2 Å². The lowest BCUT2D eigenvalue weighted by Crippen LogP contribution is -2.04. The first-order chi connectivity index (χ1) is 8.35. The van der Waals surface area contributed by atoms with E-state index in [1.807, 2.05) is 34.6 Å². The molecule has 5 heteroatoms. The van der Waals surface area contributed by atoms with Gasteiger partial charge in [-0.1, -0.05) is 6.07 Å². The molecule has 3 rings (SSSR count). The second-order valence-corrected chi connectivity index (χ2v) is 5.66. The van der Waals surface area contributed by atoms with Crippen molar-refractivity contribution in [2.24, 2.45) is 11.7 Å². The maximum Gasteiger partial charge on any atom is 0.155 e. The highest BCUT2D eigenvalue weighted by Gasteiger charge is 2.18. The lowest BCUT2D eigenvalue weighted by molar-refractivity contribution is 0.575. The van der Waals surface area contributed by atoms with Crippen LogP contribution in [0.5, 0.6) is 0 Å². The number of hydrogen-bond donors (Lipinski definition) is 1. The van der Waals surface area contributed by atoms with E-state index in [4.69, 9.17) is 5.73 Å². The van der Waals surface area contributed by atoms with E-state index in [0.717, 1.165) is 29.4 Å². The van der Waals surface area contributed by atoms with Gasteiger partial charge >= 0.3 is 0 Å². The van der Waals surface area contributed by atoms with Crippen molar-refractivity contribution in [3.05, 3.63) is 29.7 Å². The molecule has 0 aromatic carbocycles. The van der Waals surface area contributed by atoms with Gasteiger partial charge in [0.2, 0.25) is 0 Å². The van der Waals surface area contributed by atoms with Gasteiger partial charge in [-0.25, -0.2) is 9.50 Å². The zero-order valence-electron chi connectivity index (χ0n) is 9.67. The molecule has 2 aromatic rings. The van der Waals surface area contributed by atoms with Crippen molar-refractivity contribution in [2.75, 3.05) is 11.5 Å². The van der Waals surface area contributed by atoms with Crippen LogP contribution in [0.3, 0.4) is 0 Å². The van der Waals surface area contributed by atoms with Gasteiger partial charge in [0.15, 0.2) is 11.5 Å². The highest BCUT2D eigenvalue weighted by molar-refractivity contribution is 7.99. The lowest BCUT2D eigenvalue weighted by Gasteiger charge is -2.02. The van der Waals surface area contributed by atoms with Crippen LogP contribution in [0.25, 0.3) is 5.65 Å². The van der Waals surface area contributed by atoms with Crippen LogP contribution >= 0.6 is 11.8 Å². The molecule has 3 heterocycles. The zero-order chi connectivity index (χ0) is 11.7. The van der Waals surface area contributed by atoms with E-state index in [1.165, 1.54) is 17.9 Å². The summed E-state index contributed by atoms with van der Waals surface area (Å²) in [6.45, 7) is 0.546. The summed E-state index contributed by atoms with van der Waals surface area (Å²) in [5.74, 6) is 4.26. The van der Waals surface area contributed by atoms with E-state index < -0.39 is 0 Å². The van der Waals surface area contributed by atoms with Crippen LogP contribution in [0.2, 0.25) is 0 Å². The molecule has 90 valence electrons. The maximum absolute atomic E-state index is 5.62. The fourth-order valence-corrected chi connectivity index (χ4v) is 3.47. The van der Waals surface area contributed by atoms with E-state index in [9.17, 15) is 0 Å². The van der Waals surface area contributed by atoms with E-state index in [1.54, 1.807) is 0 Å². The first kappa shape index (κ1) is 11.0. The number of nitrogens with zero attached hydrogens (tertiary/aromatic N) is 3. The van der Waals surface area contributed by atoms with E-state index in [-0.39, 0.29) is 0 Å². The van der Waals surface area contributed by atoms with Gasteiger partial charge in [0.1, 0.15) is 0 Å². The van der Waals surface area contributed by atoms with Crippen molar-refractivity contribution in [1.82, 2.24) is 14.6 Å². The van der Waals surface area contributed by atoms with Crippen LogP contribution in [0.4, 0.5) is 0 Å². The normalized spacial score (nSPS) is 20.2. The Hall–Kier alpha value is -1.07. The average Bonchev–Trinajstić information content (AvgIpc) is 2.96. The minimum absolute atomic E-state index is 0.546. The molecule has 0 amide bonds. The molecule has 4 nitrogen and oxygen atoms in total. The van der Waals surface area contributed by atoms with Gasteiger partial charge < -0.3 is 5.73 Å². The summed E-state index contributed by atoms with van der Waals surface area (Å²) in [6, 6.07) is 4.00. The summed E-state index contributed by atoms with van der Waals surface area (Å²) in [4.78, 5) is 4.55. The van der Waals surface area contributed by atoms with Gasteiger partial charge in [-0.2, -0.15) is 16.9 Å². The summed E-state index contributed by atoms with van der Waals surface area (Å²) < 4.78 is 1.85. The van der Waals surface area contributed by atoms with Gasteiger partial charge in [-0.05, 0) is 35.5 Å². The quantitative estimate of drug-likeness (QED) is 0.894. The van der Waals surface area contributed by atoms with Gasteiger partial charge in [-0.3, -0.25) is 0 Å². The Labute approximate surface area is 105 Å². The molecule has 0 radical (unpaired) electrons. The summed E-state index contributed by atoms with van der Waals surface area (Å²) in [5, 5.41) is 4.53. The van der Waals surface area contributed by atoms with Crippen LogP contribution in [-0.2, 0) is 13.0 Å². The van der Waals surface area contributed by atoms with E-state index in [2.05, 4.69) is 10.1 Å². The molecule has 2 aromatic heterocycles. The molecule has 1 unspecified atom stereocenters. The van der Waals surface area contributed by atoms with Crippen LogP contribution in [0, 0.1) is 5.92 Å². The molecule has 17 heavy (non-hydrogen) atoms. The zero-order valence-corrected chi connectivity index (χ0v) is 10.5. The fraction of sp³-hybridized carbons (Fsp3) is 0.500. The second kappa shape index (κ2) is 4.66. The maximum atomic E-state index is 5.62.